The van der Waals surface area contributed by atoms with Crippen LogP contribution in [0.25, 0.3) is 0 Å². The van der Waals surface area contributed by atoms with Gasteiger partial charge in [0.25, 0.3) is 0 Å². The third kappa shape index (κ3) is 3.25. The molecule has 0 aromatic rings. The fourth-order valence-electron chi connectivity index (χ4n) is 2.77. The van der Waals surface area contributed by atoms with E-state index in [0.29, 0.717) is 6.04 Å². The summed E-state index contributed by atoms with van der Waals surface area (Å²) in [5, 5.41) is 0. The highest BCUT2D eigenvalue weighted by Gasteiger charge is 2.28. The molecule has 0 aromatic heterocycles. The summed E-state index contributed by atoms with van der Waals surface area (Å²) in [4.78, 5) is 0. The van der Waals surface area contributed by atoms with Gasteiger partial charge in [-0.15, -0.1) is 0 Å². The lowest BCUT2D eigenvalue weighted by Gasteiger charge is -2.35. The smallest absolute Gasteiger partial charge is 0.0477 e. The minimum absolute atomic E-state index is 0.361. The van der Waals surface area contributed by atoms with Crippen molar-refractivity contribution in [2.75, 3.05) is 13.7 Å². The summed E-state index contributed by atoms with van der Waals surface area (Å²) >= 11 is 0. The molecule has 14 heavy (non-hydrogen) atoms. The summed E-state index contributed by atoms with van der Waals surface area (Å²) in [7, 11) is 1.75. The molecule has 1 aliphatic rings. The summed E-state index contributed by atoms with van der Waals surface area (Å²) in [6.45, 7) is 3.11. The second kappa shape index (κ2) is 6.41. The fraction of sp³-hybridized carbons (Fsp3) is 1.00. The summed E-state index contributed by atoms with van der Waals surface area (Å²) < 4.78 is 5.09. The Hall–Kier alpha value is -0.0800. The Balaban J connectivity index is 2.37. The Morgan fingerprint density at radius 2 is 2.07 bits per heavy atom. The van der Waals surface area contributed by atoms with Crippen molar-refractivity contribution in [3.8, 4) is 0 Å². The van der Waals surface area contributed by atoms with Gasteiger partial charge in [-0.2, -0.15) is 0 Å². The highest BCUT2D eigenvalue weighted by molar-refractivity contribution is 4.82. The van der Waals surface area contributed by atoms with Gasteiger partial charge in [0.1, 0.15) is 0 Å². The second-order valence-electron chi connectivity index (χ2n) is 4.56. The molecule has 1 rings (SSSR count). The lowest BCUT2D eigenvalue weighted by atomic mass is 9.73. The van der Waals surface area contributed by atoms with Crippen LogP contribution in [0.5, 0.6) is 0 Å². The van der Waals surface area contributed by atoms with Gasteiger partial charge in [0.15, 0.2) is 0 Å². The van der Waals surface area contributed by atoms with Crippen LogP contribution in [0.4, 0.5) is 0 Å². The van der Waals surface area contributed by atoms with E-state index >= 15 is 0 Å². The zero-order valence-electron chi connectivity index (χ0n) is 9.67. The molecular formula is C12H25NO. The van der Waals surface area contributed by atoms with Gasteiger partial charge in [0, 0.05) is 19.8 Å². The molecule has 0 radical (unpaired) electrons. The zero-order valence-corrected chi connectivity index (χ0v) is 9.67. The number of ether oxygens (including phenoxy) is 1. The van der Waals surface area contributed by atoms with Gasteiger partial charge in [0.05, 0.1) is 0 Å². The molecule has 1 fully saturated rings. The fourth-order valence-corrected chi connectivity index (χ4v) is 2.77. The maximum Gasteiger partial charge on any atom is 0.0477 e. The van der Waals surface area contributed by atoms with Gasteiger partial charge in [-0.25, -0.2) is 0 Å². The molecule has 84 valence electrons. The maximum atomic E-state index is 6.22. The van der Waals surface area contributed by atoms with Gasteiger partial charge >= 0.3 is 0 Å². The Morgan fingerprint density at radius 3 is 2.71 bits per heavy atom. The van der Waals surface area contributed by atoms with Crippen LogP contribution < -0.4 is 5.73 Å². The SMILES string of the molecule is CCC1CCCCC1C(N)CCOC. The number of hydrogen-bond donors (Lipinski definition) is 1. The van der Waals surface area contributed by atoms with E-state index < -0.39 is 0 Å². The van der Waals surface area contributed by atoms with E-state index in [2.05, 4.69) is 6.92 Å². The second-order valence-corrected chi connectivity index (χ2v) is 4.56. The molecule has 0 bridgehead atoms. The van der Waals surface area contributed by atoms with Crippen molar-refractivity contribution >= 4 is 0 Å². The molecule has 3 atom stereocenters. The average Bonchev–Trinajstić information content (AvgIpc) is 2.25. The number of methoxy groups -OCH3 is 1. The normalized spacial score (nSPS) is 30.2. The maximum absolute atomic E-state index is 6.22. The highest BCUT2D eigenvalue weighted by Crippen LogP contribution is 2.34. The predicted molar refractivity (Wildman–Crippen MR) is 60.2 cm³/mol. The van der Waals surface area contributed by atoms with E-state index in [1.165, 1.54) is 32.1 Å². The Kier molecular flexibility index (Phi) is 5.49. The van der Waals surface area contributed by atoms with Gasteiger partial charge in [-0.1, -0.05) is 32.6 Å². The third-order valence-electron chi connectivity index (χ3n) is 3.70. The first kappa shape index (κ1) is 12.0. The lowest BCUT2D eigenvalue weighted by molar-refractivity contribution is 0.145. The first-order chi connectivity index (χ1) is 6.79. The Labute approximate surface area is 88.2 Å². The van der Waals surface area contributed by atoms with Crippen LogP contribution in [-0.4, -0.2) is 19.8 Å². The van der Waals surface area contributed by atoms with E-state index in [-0.39, 0.29) is 0 Å². The molecule has 2 nitrogen and oxygen atoms in total. The van der Waals surface area contributed by atoms with Crippen molar-refractivity contribution < 1.29 is 4.74 Å². The molecule has 0 spiro atoms. The monoisotopic (exact) mass is 199 g/mol. The van der Waals surface area contributed by atoms with Gasteiger partial charge in [-0.05, 0) is 24.7 Å². The van der Waals surface area contributed by atoms with Crippen LogP contribution in [0.15, 0.2) is 0 Å². The third-order valence-corrected chi connectivity index (χ3v) is 3.70. The predicted octanol–water partition coefficient (Wildman–Crippen LogP) is 2.57. The number of nitrogens with two attached hydrogens (primary N) is 1. The van der Waals surface area contributed by atoms with Crippen LogP contribution in [0.2, 0.25) is 0 Å². The first-order valence-corrected chi connectivity index (χ1v) is 6.04. The molecule has 1 aliphatic carbocycles. The topological polar surface area (TPSA) is 35.2 Å². The van der Waals surface area contributed by atoms with Gasteiger partial charge < -0.3 is 10.5 Å². The summed E-state index contributed by atoms with van der Waals surface area (Å²) in [6, 6.07) is 0.361. The molecule has 0 aliphatic heterocycles. The van der Waals surface area contributed by atoms with E-state index in [1.54, 1.807) is 7.11 Å². The Morgan fingerprint density at radius 1 is 1.36 bits per heavy atom. The standard InChI is InChI=1S/C12H25NO/c1-3-10-6-4-5-7-11(10)12(13)8-9-14-2/h10-12H,3-9,13H2,1-2H3. The van der Waals surface area contributed by atoms with Crippen LogP contribution in [0, 0.1) is 11.8 Å². The molecule has 3 unspecified atom stereocenters. The summed E-state index contributed by atoms with van der Waals surface area (Å²) in [6.07, 6.45) is 7.84. The molecule has 1 saturated carbocycles. The quantitative estimate of drug-likeness (QED) is 0.738. The van der Waals surface area contributed by atoms with Crippen LogP contribution in [0.1, 0.15) is 45.4 Å². The molecule has 0 heterocycles. The van der Waals surface area contributed by atoms with Crippen LogP contribution >= 0.6 is 0 Å². The van der Waals surface area contributed by atoms with Crippen molar-refractivity contribution in [2.45, 2.75) is 51.5 Å². The van der Waals surface area contributed by atoms with Crippen molar-refractivity contribution in [1.29, 1.82) is 0 Å². The van der Waals surface area contributed by atoms with Crippen LogP contribution in [0.3, 0.4) is 0 Å². The Bertz CT molecular complexity index is 149. The molecule has 0 saturated heterocycles. The van der Waals surface area contributed by atoms with Crippen LogP contribution in [-0.2, 0) is 4.74 Å². The zero-order chi connectivity index (χ0) is 10.4. The van der Waals surface area contributed by atoms with E-state index in [4.69, 9.17) is 10.5 Å². The van der Waals surface area contributed by atoms with Crippen molar-refractivity contribution in [2.24, 2.45) is 17.6 Å². The minimum atomic E-state index is 0.361. The van der Waals surface area contributed by atoms with Crippen molar-refractivity contribution in [3.05, 3.63) is 0 Å². The average molecular weight is 199 g/mol. The summed E-state index contributed by atoms with van der Waals surface area (Å²) in [5.41, 5.74) is 6.22. The van der Waals surface area contributed by atoms with Gasteiger partial charge in [0.2, 0.25) is 0 Å². The minimum Gasteiger partial charge on any atom is -0.385 e. The van der Waals surface area contributed by atoms with E-state index in [1.807, 2.05) is 0 Å². The number of rotatable bonds is 5. The number of hydrogen-bond acceptors (Lipinski definition) is 2. The highest BCUT2D eigenvalue weighted by atomic mass is 16.5. The first-order valence-electron chi connectivity index (χ1n) is 6.04. The largest absolute Gasteiger partial charge is 0.385 e. The van der Waals surface area contributed by atoms with Crippen molar-refractivity contribution in [1.82, 2.24) is 0 Å². The molecular weight excluding hydrogens is 174 g/mol. The van der Waals surface area contributed by atoms with Gasteiger partial charge in [-0.3, -0.25) is 0 Å². The molecule has 0 amide bonds. The van der Waals surface area contributed by atoms with E-state index in [9.17, 15) is 0 Å². The van der Waals surface area contributed by atoms with Crippen molar-refractivity contribution in [3.63, 3.8) is 0 Å². The molecule has 0 aromatic carbocycles. The van der Waals surface area contributed by atoms with E-state index in [0.717, 1.165) is 24.9 Å². The lowest BCUT2D eigenvalue weighted by Crippen LogP contribution is -2.37. The molecule has 2 N–H and O–H groups in total. The molecule has 2 heteroatoms. The summed E-state index contributed by atoms with van der Waals surface area (Å²) in [5.74, 6) is 1.62.